The fourth-order valence-corrected chi connectivity index (χ4v) is 6.64. The van der Waals surface area contributed by atoms with Crippen molar-refractivity contribution in [3.63, 3.8) is 0 Å². The summed E-state index contributed by atoms with van der Waals surface area (Å²) in [5.74, 6) is -0.610. The molecule has 0 aromatic heterocycles. The van der Waals surface area contributed by atoms with Crippen LogP contribution in [0.3, 0.4) is 0 Å². The van der Waals surface area contributed by atoms with Crippen LogP contribution in [-0.4, -0.2) is 61.5 Å². The summed E-state index contributed by atoms with van der Waals surface area (Å²) in [7, 11) is 1.58. The number of benzene rings is 1. The van der Waals surface area contributed by atoms with E-state index in [1.165, 1.54) is 9.36 Å². The van der Waals surface area contributed by atoms with E-state index in [1.807, 2.05) is 6.07 Å². The molecule has 0 saturated carbocycles. The van der Waals surface area contributed by atoms with Crippen LogP contribution in [0, 0.1) is 5.92 Å². The average Bonchev–Trinajstić information content (AvgIpc) is 2.96. The third kappa shape index (κ3) is 2.76. The fourth-order valence-electron chi connectivity index (χ4n) is 4.47. The molecular formula is C19H24N2O3Se. The number of likely N-dealkylation sites (tertiary alicyclic amines) is 1. The van der Waals surface area contributed by atoms with Gasteiger partial charge in [0.25, 0.3) is 0 Å². The van der Waals surface area contributed by atoms with Crippen LogP contribution in [-0.2, 0) is 14.4 Å². The first-order chi connectivity index (χ1) is 12.0. The molecule has 3 heterocycles. The van der Waals surface area contributed by atoms with Crippen LogP contribution in [0.5, 0.6) is 0 Å². The molecule has 0 unspecified atom stereocenters. The van der Waals surface area contributed by atoms with Crippen molar-refractivity contribution in [2.24, 2.45) is 5.92 Å². The summed E-state index contributed by atoms with van der Waals surface area (Å²) in [4.78, 5) is 32.5. The molecule has 134 valence electrons. The number of imide groups is 1. The quantitative estimate of drug-likeness (QED) is 0.561. The molecule has 3 aliphatic rings. The van der Waals surface area contributed by atoms with Crippen molar-refractivity contribution in [2.45, 2.75) is 55.6 Å². The molecule has 3 fully saturated rings. The van der Waals surface area contributed by atoms with E-state index in [9.17, 15) is 9.59 Å². The van der Waals surface area contributed by atoms with Gasteiger partial charge in [0.1, 0.15) is 0 Å². The molecule has 4 rings (SSSR count). The molecular weight excluding hydrogens is 383 g/mol. The molecule has 1 aromatic carbocycles. The van der Waals surface area contributed by atoms with E-state index in [1.54, 1.807) is 7.05 Å². The van der Waals surface area contributed by atoms with Gasteiger partial charge >= 0.3 is 155 Å². The van der Waals surface area contributed by atoms with Crippen LogP contribution in [0.2, 0.25) is 5.32 Å². The Morgan fingerprint density at radius 2 is 1.96 bits per heavy atom. The van der Waals surface area contributed by atoms with Gasteiger partial charge in [0, 0.05) is 0 Å². The SMILES string of the molecule is CN1C(=O)[C@@H]2[C@@H](ON3[C@@H](C[Se]c4ccccc4)CCCC[C@]23C)C1=O. The van der Waals surface area contributed by atoms with E-state index < -0.39 is 6.10 Å². The van der Waals surface area contributed by atoms with Crippen LogP contribution in [0.15, 0.2) is 30.3 Å². The molecule has 1 aromatic rings. The summed E-state index contributed by atoms with van der Waals surface area (Å²) in [6.45, 7) is 2.12. The first-order valence-electron chi connectivity index (χ1n) is 8.98. The number of carbonyl (C=O) groups is 2. The predicted octanol–water partition coefficient (Wildman–Crippen LogP) is 1.37. The predicted molar refractivity (Wildman–Crippen MR) is 95.3 cm³/mol. The second kappa shape index (κ2) is 6.51. The number of hydrogen-bond donors (Lipinski definition) is 0. The molecule has 0 N–H and O–H groups in total. The van der Waals surface area contributed by atoms with Gasteiger partial charge in [-0.1, -0.05) is 0 Å². The van der Waals surface area contributed by atoms with Gasteiger partial charge < -0.3 is 0 Å². The molecule has 0 bridgehead atoms. The third-order valence-corrected chi connectivity index (χ3v) is 8.29. The Balaban J connectivity index is 1.57. The van der Waals surface area contributed by atoms with Crippen molar-refractivity contribution in [1.29, 1.82) is 0 Å². The Labute approximate surface area is 154 Å². The zero-order chi connectivity index (χ0) is 17.6. The van der Waals surface area contributed by atoms with Gasteiger partial charge in [-0.05, 0) is 0 Å². The van der Waals surface area contributed by atoms with Crippen LogP contribution in [0.25, 0.3) is 0 Å². The Morgan fingerprint density at radius 3 is 2.72 bits per heavy atom. The van der Waals surface area contributed by atoms with Gasteiger partial charge in [0.05, 0.1) is 0 Å². The monoisotopic (exact) mass is 408 g/mol. The number of nitrogens with zero attached hydrogens (tertiary/aromatic N) is 2. The van der Waals surface area contributed by atoms with Crippen molar-refractivity contribution in [1.82, 2.24) is 9.96 Å². The second-order valence-electron chi connectivity index (χ2n) is 7.45. The average molecular weight is 407 g/mol. The summed E-state index contributed by atoms with van der Waals surface area (Å²) in [5.41, 5.74) is -0.365. The Bertz CT molecular complexity index is 683. The standard InChI is InChI=1S/C19H24N2O3Se/c1-19-11-7-6-8-13(12-25-14-9-4-3-5-10-14)21(19)24-16-15(19)17(22)20(2)18(16)23/h3-5,9-10,13,15-16H,6-8,11-12H2,1-2H3/t13-,15+,16-,19-/m1/s1. The van der Waals surface area contributed by atoms with Crippen molar-refractivity contribution >= 4 is 31.2 Å². The van der Waals surface area contributed by atoms with Crippen LogP contribution >= 0.6 is 0 Å². The van der Waals surface area contributed by atoms with Gasteiger partial charge in [-0.3, -0.25) is 0 Å². The van der Waals surface area contributed by atoms with E-state index >= 15 is 0 Å². The van der Waals surface area contributed by atoms with E-state index in [0.717, 1.165) is 31.0 Å². The normalized spacial score (nSPS) is 35.6. The second-order valence-corrected chi connectivity index (χ2v) is 9.74. The van der Waals surface area contributed by atoms with Crippen LogP contribution in [0.1, 0.15) is 32.6 Å². The van der Waals surface area contributed by atoms with Gasteiger partial charge in [-0.2, -0.15) is 0 Å². The topological polar surface area (TPSA) is 49.9 Å². The number of hydroxylamine groups is 2. The molecule has 4 atom stereocenters. The van der Waals surface area contributed by atoms with E-state index in [0.29, 0.717) is 15.0 Å². The van der Waals surface area contributed by atoms with Crippen molar-refractivity contribution in [2.75, 3.05) is 7.05 Å². The molecule has 0 spiro atoms. The molecule has 5 nitrogen and oxygen atoms in total. The van der Waals surface area contributed by atoms with Crippen molar-refractivity contribution in [3.8, 4) is 0 Å². The summed E-state index contributed by atoms with van der Waals surface area (Å²) >= 11 is 0.364. The molecule has 0 aliphatic carbocycles. The number of carbonyl (C=O) groups excluding carboxylic acids is 2. The number of fused-ring (bicyclic) bond motifs is 3. The van der Waals surface area contributed by atoms with Gasteiger partial charge in [0.2, 0.25) is 0 Å². The number of rotatable bonds is 3. The van der Waals surface area contributed by atoms with E-state index in [-0.39, 0.29) is 29.3 Å². The zero-order valence-corrected chi connectivity index (χ0v) is 16.4. The van der Waals surface area contributed by atoms with Crippen LogP contribution < -0.4 is 4.46 Å². The third-order valence-electron chi connectivity index (χ3n) is 5.86. The van der Waals surface area contributed by atoms with Gasteiger partial charge in [-0.25, -0.2) is 0 Å². The molecule has 2 amide bonds. The van der Waals surface area contributed by atoms with E-state index in [4.69, 9.17) is 4.84 Å². The first-order valence-corrected chi connectivity index (χ1v) is 11.0. The number of hydrogen-bond acceptors (Lipinski definition) is 4. The number of likely N-dealkylation sites (N-methyl/N-ethyl adjacent to an activating group) is 1. The van der Waals surface area contributed by atoms with Crippen LogP contribution in [0.4, 0.5) is 0 Å². The molecule has 6 heteroatoms. The first kappa shape index (κ1) is 17.2. The maximum absolute atomic E-state index is 12.7. The number of amides is 2. The van der Waals surface area contributed by atoms with E-state index in [2.05, 4.69) is 36.3 Å². The van der Waals surface area contributed by atoms with Crippen molar-refractivity contribution < 1.29 is 14.4 Å². The summed E-state index contributed by atoms with van der Waals surface area (Å²) < 4.78 is 1.38. The summed E-state index contributed by atoms with van der Waals surface area (Å²) in [6.07, 6.45) is 3.60. The fraction of sp³-hybridized carbons (Fsp3) is 0.579. The molecule has 3 aliphatic heterocycles. The molecule has 3 saturated heterocycles. The Kier molecular flexibility index (Phi) is 4.48. The minimum atomic E-state index is -0.618. The summed E-state index contributed by atoms with van der Waals surface area (Å²) in [5, 5.41) is 3.10. The Morgan fingerprint density at radius 1 is 1.20 bits per heavy atom. The van der Waals surface area contributed by atoms with Crippen molar-refractivity contribution in [3.05, 3.63) is 30.3 Å². The molecule has 0 radical (unpaired) electrons. The van der Waals surface area contributed by atoms with Gasteiger partial charge in [-0.15, -0.1) is 0 Å². The molecule has 25 heavy (non-hydrogen) atoms. The van der Waals surface area contributed by atoms with Gasteiger partial charge in [0.15, 0.2) is 0 Å². The summed E-state index contributed by atoms with van der Waals surface area (Å²) in [6, 6.07) is 10.8. The minimum absolute atomic E-state index is 0.0748. The zero-order valence-electron chi connectivity index (χ0n) is 14.7. The maximum atomic E-state index is 12.7. The Hall–Kier alpha value is -1.20.